The van der Waals surface area contributed by atoms with Crippen molar-refractivity contribution >= 4 is 5.97 Å². The summed E-state index contributed by atoms with van der Waals surface area (Å²) < 4.78 is 15.1. The van der Waals surface area contributed by atoms with Gasteiger partial charge in [-0.05, 0) is 17.7 Å². The number of esters is 1. The highest BCUT2D eigenvalue weighted by Gasteiger charge is 2.12. The highest BCUT2D eigenvalue weighted by atomic mass is 16.5. The van der Waals surface area contributed by atoms with Crippen LogP contribution in [0.5, 0.6) is 11.5 Å². The van der Waals surface area contributed by atoms with Gasteiger partial charge in [0.2, 0.25) is 0 Å². The van der Waals surface area contributed by atoms with E-state index in [2.05, 4.69) is 10.1 Å². The highest BCUT2D eigenvalue weighted by Crippen LogP contribution is 2.27. The number of nitrogens with one attached hydrogen (secondary N) is 1. The monoisotopic (exact) mass is 267 g/mol. The Morgan fingerprint density at radius 1 is 1.21 bits per heavy atom. The Kier molecular flexibility index (Phi) is 6.15. The van der Waals surface area contributed by atoms with E-state index in [1.807, 2.05) is 25.1 Å². The van der Waals surface area contributed by atoms with E-state index in [4.69, 9.17) is 9.47 Å². The van der Waals surface area contributed by atoms with Crippen molar-refractivity contribution in [1.29, 1.82) is 0 Å². The lowest BCUT2D eigenvalue weighted by atomic mass is 10.1. The van der Waals surface area contributed by atoms with E-state index in [0.29, 0.717) is 24.6 Å². The second-order valence-electron chi connectivity index (χ2n) is 4.24. The van der Waals surface area contributed by atoms with Gasteiger partial charge in [-0.15, -0.1) is 0 Å². The maximum atomic E-state index is 11.2. The lowest BCUT2D eigenvalue weighted by molar-refractivity contribution is -0.144. The minimum absolute atomic E-state index is 0.162. The van der Waals surface area contributed by atoms with Crippen molar-refractivity contribution in [3.8, 4) is 11.5 Å². The summed E-state index contributed by atoms with van der Waals surface area (Å²) in [7, 11) is 4.61. The van der Waals surface area contributed by atoms with Gasteiger partial charge < -0.3 is 19.5 Å². The number of hydrogen-bond acceptors (Lipinski definition) is 5. The van der Waals surface area contributed by atoms with Crippen LogP contribution in [0.2, 0.25) is 0 Å². The molecule has 5 heteroatoms. The van der Waals surface area contributed by atoms with Crippen molar-refractivity contribution in [3.05, 3.63) is 23.8 Å². The zero-order valence-corrected chi connectivity index (χ0v) is 11.9. The van der Waals surface area contributed by atoms with Crippen LogP contribution in [0.25, 0.3) is 0 Å². The molecule has 0 aliphatic heterocycles. The molecule has 0 aliphatic carbocycles. The van der Waals surface area contributed by atoms with E-state index in [1.165, 1.54) is 7.11 Å². The van der Waals surface area contributed by atoms with E-state index >= 15 is 0 Å². The van der Waals surface area contributed by atoms with Crippen molar-refractivity contribution in [1.82, 2.24) is 5.32 Å². The predicted octanol–water partition coefficient (Wildman–Crippen LogP) is 1.60. The zero-order chi connectivity index (χ0) is 14.3. The molecule has 19 heavy (non-hydrogen) atoms. The zero-order valence-electron chi connectivity index (χ0n) is 11.9. The number of rotatable bonds is 7. The first-order chi connectivity index (χ1) is 9.12. The number of hydrogen-bond donors (Lipinski definition) is 1. The van der Waals surface area contributed by atoms with E-state index in [-0.39, 0.29) is 11.9 Å². The van der Waals surface area contributed by atoms with Gasteiger partial charge in [0.15, 0.2) is 11.5 Å². The summed E-state index contributed by atoms with van der Waals surface area (Å²) in [6.45, 7) is 3.05. The molecule has 0 radical (unpaired) electrons. The van der Waals surface area contributed by atoms with Crippen molar-refractivity contribution in [2.24, 2.45) is 5.92 Å². The molecule has 1 aromatic carbocycles. The number of methoxy groups -OCH3 is 3. The fourth-order valence-electron chi connectivity index (χ4n) is 1.71. The van der Waals surface area contributed by atoms with Gasteiger partial charge >= 0.3 is 5.97 Å². The first-order valence-corrected chi connectivity index (χ1v) is 6.11. The SMILES string of the molecule is COC(=O)C(C)CNCc1ccc(OC)c(OC)c1. The third kappa shape index (κ3) is 4.44. The second kappa shape index (κ2) is 7.63. The molecule has 0 spiro atoms. The maximum absolute atomic E-state index is 11.2. The number of benzene rings is 1. The van der Waals surface area contributed by atoms with Gasteiger partial charge in [0.1, 0.15) is 0 Å². The Morgan fingerprint density at radius 2 is 1.89 bits per heavy atom. The minimum atomic E-state index is -0.209. The van der Waals surface area contributed by atoms with Crippen LogP contribution in [0.4, 0.5) is 0 Å². The van der Waals surface area contributed by atoms with Gasteiger partial charge in [-0.1, -0.05) is 13.0 Å². The van der Waals surface area contributed by atoms with Crippen LogP contribution in [-0.4, -0.2) is 33.8 Å². The molecule has 1 rings (SSSR count). The Hall–Kier alpha value is -1.75. The van der Waals surface area contributed by atoms with Gasteiger partial charge in [-0.3, -0.25) is 4.79 Å². The molecule has 0 aromatic heterocycles. The van der Waals surface area contributed by atoms with Gasteiger partial charge in [0.25, 0.3) is 0 Å². The van der Waals surface area contributed by atoms with Crippen LogP contribution < -0.4 is 14.8 Å². The molecule has 0 heterocycles. The lowest BCUT2D eigenvalue weighted by Crippen LogP contribution is -2.26. The Labute approximate surface area is 113 Å². The topological polar surface area (TPSA) is 56.8 Å². The lowest BCUT2D eigenvalue weighted by Gasteiger charge is -2.12. The second-order valence-corrected chi connectivity index (χ2v) is 4.24. The number of ether oxygens (including phenoxy) is 3. The van der Waals surface area contributed by atoms with Gasteiger partial charge in [0, 0.05) is 13.1 Å². The molecule has 0 saturated carbocycles. The maximum Gasteiger partial charge on any atom is 0.309 e. The van der Waals surface area contributed by atoms with Crippen LogP contribution in [0.15, 0.2) is 18.2 Å². The summed E-state index contributed by atoms with van der Waals surface area (Å²) in [5.74, 6) is 1.03. The molecule has 0 aliphatic rings. The molecule has 0 bridgehead atoms. The normalized spacial score (nSPS) is 11.8. The average Bonchev–Trinajstić information content (AvgIpc) is 2.45. The molecular formula is C14H21NO4. The minimum Gasteiger partial charge on any atom is -0.493 e. The third-order valence-corrected chi connectivity index (χ3v) is 2.83. The molecule has 5 nitrogen and oxygen atoms in total. The summed E-state index contributed by atoms with van der Waals surface area (Å²) >= 11 is 0. The fourth-order valence-corrected chi connectivity index (χ4v) is 1.71. The third-order valence-electron chi connectivity index (χ3n) is 2.83. The largest absolute Gasteiger partial charge is 0.493 e. The molecule has 1 atom stereocenters. The van der Waals surface area contributed by atoms with E-state index in [0.717, 1.165) is 5.56 Å². The van der Waals surface area contributed by atoms with Gasteiger partial charge in [-0.25, -0.2) is 0 Å². The van der Waals surface area contributed by atoms with Crippen LogP contribution in [0, 0.1) is 5.92 Å². The van der Waals surface area contributed by atoms with Crippen LogP contribution in [0.3, 0.4) is 0 Å². The first kappa shape index (κ1) is 15.3. The summed E-state index contributed by atoms with van der Waals surface area (Å²) in [5, 5.41) is 3.21. The highest BCUT2D eigenvalue weighted by molar-refractivity contribution is 5.72. The van der Waals surface area contributed by atoms with Gasteiger partial charge in [-0.2, -0.15) is 0 Å². The van der Waals surface area contributed by atoms with E-state index in [9.17, 15) is 4.79 Å². The standard InChI is InChI=1S/C14H21NO4/c1-10(14(16)19-4)8-15-9-11-5-6-12(17-2)13(7-11)18-3/h5-7,10,15H,8-9H2,1-4H3. The molecule has 1 aromatic rings. The summed E-state index contributed by atoms with van der Waals surface area (Å²) in [6.07, 6.45) is 0. The summed E-state index contributed by atoms with van der Waals surface area (Å²) in [4.78, 5) is 11.2. The van der Waals surface area contributed by atoms with Crippen molar-refractivity contribution in [2.75, 3.05) is 27.9 Å². The smallest absolute Gasteiger partial charge is 0.309 e. The van der Waals surface area contributed by atoms with Crippen LogP contribution in [-0.2, 0) is 16.1 Å². The van der Waals surface area contributed by atoms with Crippen molar-refractivity contribution in [2.45, 2.75) is 13.5 Å². The number of carbonyl (C=O) groups excluding carboxylic acids is 1. The molecule has 1 unspecified atom stereocenters. The van der Waals surface area contributed by atoms with Gasteiger partial charge in [0.05, 0.1) is 27.2 Å². The van der Waals surface area contributed by atoms with E-state index in [1.54, 1.807) is 14.2 Å². The Bertz CT molecular complexity index is 420. The average molecular weight is 267 g/mol. The molecule has 1 N–H and O–H groups in total. The fraction of sp³-hybridized carbons (Fsp3) is 0.500. The molecular weight excluding hydrogens is 246 g/mol. The molecule has 0 saturated heterocycles. The first-order valence-electron chi connectivity index (χ1n) is 6.11. The summed E-state index contributed by atoms with van der Waals surface area (Å²) in [5.41, 5.74) is 1.06. The van der Waals surface area contributed by atoms with Crippen molar-refractivity contribution in [3.63, 3.8) is 0 Å². The summed E-state index contributed by atoms with van der Waals surface area (Å²) in [6, 6.07) is 5.73. The molecule has 0 fully saturated rings. The van der Waals surface area contributed by atoms with E-state index < -0.39 is 0 Å². The van der Waals surface area contributed by atoms with Crippen molar-refractivity contribution < 1.29 is 19.0 Å². The number of carbonyl (C=O) groups is 1. The molecule has 106 valence electrons. The van der Waals surface area contributed by atoms with Crippen LogP contribution >= 0.6 is 0 Å². The Balaban J connectivity index is 2.52. The quantitative estimate of drug-likeness (QED) is 0.760. The molecule has 0 amide bonds. The Morgan fingerprint density at radius 3 is 2.47 bits per heavy atom. The predicted molar refractivity (Wildman–Crippen MR) is 72.4 cm³/mol. The van der Waals surface area contributed by atoms with Crippen LogP contribution in [0.1, 0.15) is 12.5 Å².